The first-order valence-electron chi connectivity index (χ1n) is 10.4. The van der Waals surface area contributed by atoms with E-state index in [4.69, 9.17) is 0 Å². The summed E-state index contributed by atoms with van der Waals surface area (Å²) in [7, 11) is 3.88. The fourth-order valence-electron chi connectivity index (χ4n) is 4.15. The van der Waals surface area contributed by atoms with Crippen LogP contribution in [0.1, 0.15) is 23.6 Å². The molecule has 1 saturated heterocycles. The lowest BCUT2D eigenvalue weighted by Crippen LogP contribution is -2.32. The minimum Gasteiger partial charge on any atom is -0.507 e. The number of aromatic hydroxyl groups is 1. The zero-order valence-corrected chi connectivity index (χ0v) is 18.0. The molecule has 0 saturated carbocycles. The maximum absolute atomic E-state index is 13.1. The molecule has 0 spiro atoms. The molecule has 1 aliphatic heterocycles. The van der Waals surface area contributed by atoms with Crippen LogP contribution in [0.15, 0.2) is 66.5 Å². The Morgan fingerprint density at radius 2 is 1.78 bits per heavy atom. The van der Waals surface area contributed by atoms with E-state index in [2.05, 4.69) is 4.98 Å². The average molecular weight is 431 g/mol. The van der Waals surface area contributed by atoms with Gasteiger partial charge in [0.05, 0.1) is 17.2 Å². The van der Waals surface area contributed by atoms with Crippen molar-refractivity contribution in [2.45, 2.75) is 12.5 Å². The number of carbonyl (C=O) groups excluding carboxylic acids is 2. The molecule has 164 valence electrons. The number of carbonyl (C=O) groups is 2. The summed E-state index contributed by atoms with van der Waals surface area (Å²) >= 11 is 0. The monoisotopic (exact) mass is 431 g/mol. The third-order valence-electron chi connectivity index (χ3n) is 5.72. The standard InChI is InChI=1S/C25H25N3O4/c1-27(2)14-5-15-28-21(17-10-12-26-13-11-17)20(24(31)25(28)32)23(30)19-9-8-16-6-3-4-7-18(16)22(19)29/h3-4,6-13,21,29-30H,5,14-15H2,1-2H3/b23-20-. The van der Waals surface area contributed by atoms with Crippen LogP contribution < -0.4 is 0 Å². The van der Waals surface area contributed by atoms with Gasteiger partial charge in [-0.15, -0.1) is 0 Å². The second-order valence-electron chi connectivity index (χ2n) is 8.11. The van der Waals surface area contributed by atoms with Crippen molar-refractivity contribution in [3.05, 3.63) is 77.6 Å². The molecule has 0 radical (unpaired) electrons. The zero-order valence-electron chi connectivity index (χ0n) is 18.0. The molecular formula is C25H25N3O4. The number of pyridine rings is 1. The van der Waals surface area contributed by atoms with Gasteiger partial charge in [0.25, 0.3) is 11.7 Å². The number of aliphatic hydroxyl groups is 1. The summed E-state index contributed by atoms with van der Waals surface area (Å²) in [6.07, 6.45) is 3.84. The SMILES string of the molecule is CN(C)CCCN1C(=O)C(=O)/C(=C(\O)c2ccc3ccccc3c2O)C1c1ccncc1. The first-order valence-corrected chi connectivity index (χ1v) is 10.4. The Bertz CT molecular complexity index is 1200. The van der Waals surface area contributed by atoms with Crippen LogP contribution in [-0.4, -0.2) is 63.9 Å². The van der Waals surface area contributed by atoms with Crippen molar-refractivity contribution in [3.8, 4) is 5.75 Å². The van der Waals surface area contributed by atoms with Crippen molar-refractivity contribution < 1.29 is 19.8 Å². The van der Waals surface area contributed by atoms with Gasteiger partial charge in [-0.25, -0.2) is 0 Å². The van der Waals surface area contributed by atoms with Crippen molar-refractivity contribution in [1.82, 2.24) is 14.8 Å². The normalized spacial score (nSPS) is 18.1. The van der Waals surface area contributed by atoms with E-state index < -0.39 is 17.7 Å². The van der Waals surface area contributed by atoms with Gasteiger partial charge in [0, 0.05) is 24.3 Å². The summed E-state index contributed by atoms with van der Waals surface area (Å²) in [6, 6.07) is 13.2. The highest BCUT2D eigenvalue weighted by molar-refractivity contribution is 6.46. The van der Waals surface area contributed by atoms with Gasteiger partial charge >= 0.3 is 0 Å². The Kier molecular flexibility index (Phi) is 5.92. The van der Waals surface area contributed by atoms with Gasteiger partial charge in [-0.3, -0.25) is 14.6 Å². The van der Waals surface area contributed by atoms with Crippen LogP contribution in [0.25, 0.3) is 16.5 Å². The Balaban J connectivity index is 1.85. The maximum atomic E-state index is 13.1. The number of nitrogens with zero attached hydrogens (tertiary/aromatic N) is 3. The number of rotatable bonds is 6. The van der Waals surface area contributed by atoms with E-state index >= 15 is 0 Å². The van der Waals surface area contributed by atoms with Gasteiger partial charge in [0.1, 0.15) is 11.5 Å². The molecule has 4 rings (SSSR count). The van der Waals surface area contributed by atoms with Gasteiger partial charge in [0.15, 0.2) is 0 Å². The number of hydrogen-bond donors (Lipinski definition) is 2. The molecule has 1 unspecified atom stereocenters. The van der Waals surface area contributed by atoms with Crippen molar-refractivity contribution in [2.75, 3.05) is 27.2 Å². The lowest BCUT2D eigenvalue weighted by molar-refractivity contribution is -0.139. The van der Waals surface area contributed by atoms with Crippen molar-refractivity contribution >= 4 is 28.2 Å². The number of likely N-dealkylation sites (tertiary alicyclic amines) is 1. The molecule has 0 aliphatic carbocycles. The third kappa shape index (κ3) is 3.83. The highest BCUT2D eigenvalue weighted by Gasteiger charge is 2.46. The first-order chi connectivity index (χ1) is 15.4. The summed E-state index contributed by atoms with van der Waals surface area (Å²) in [5.41, 5.74) is 0.761. The largest absolute Gasteiger partial charge is 0.507 e. The number of phenolic OH excluding ortho intramolecular Hbond substituents is 1. The summed E-state index contributed by atoms with van der Waals surface area (Å²) < 4.78 is 0. The molecule has 3 aromatic rings. The number of phenols is 1. The van der Waals surface area contributed by atoms with E-state index in [0.29, 0.717) is 23.9 Å². The average Bonchev–Trinajstić information content (AvgIpc) is 3.04. The van der Waals surface area contributed by atoms with Gasteiger partial charge in [0.2, 0.25) is 0 Å². The molecule has 2 N–H and O–H groups in total. The molecule has 1 aliphatic rings. The molecule has 2 aromatic carbocycles. The van der Waals surface area contributed by atoms with Crippen LogP contribution in [0, 0.1) is 0 Å². The van der Waals surface area contributed by atoms with Crippen molar-refractivity contribution in [1.29, 1.82) is 0 Å². The van der Waals surface area contributed by atoms with E-state index in [-0.39, 0.29) is 22.6 Å². The Morgan fingerprint density at radius 1 is 1.06 bits per heavy atom. The predicted octanol–water partition coefficient (Wildman–Crippen LogP) is 3.31. The fraction of sp³-hybridized carbons (Fsp3) is 0.240. The molecule has 1 aromatic heterocycles. The van der Waals surface area contributed by atoms with E-state index in [1.165, 1.54) is 4.90 Å². The van der Waals surface area contributed by atoms with Crippen LogP contribution in [-0.2, 0) is 9.59 Å². The number of amides is 1. The molecule has 0 bridgehead atoms. The number of Topliss-reactive ketones (excluding diaryl/α,β-unsaturated/α-hetero) is 1. The Hall–Kier alpha value is -3.71. The molecule has 7 nitrogen and oxygen atoms in total. The Labute approximate surface area is 186 Å². The lowest BCUT2D eigenvalue weighted by atomic mass is 9.94. The fourth-order valence-corrected chi connectivity index (χ4v) is 4.15. The van der Waals surface area contributed by atoms with Gasteiger partial charge in [-0.05, 0) is 56.2 Å². The van der Waals surface area contributed by atoms with Crippen LogP contribution in [0.2, 0.25) is 0 Å². The topological polar surface area (TPSA) is 94.0 Å². The van der Waals surface area contributed by atoms with Crippen molar-refractivity contribution in [3.63, 3.8) is 0 Å². The van der Waals surface area contributed by atoms with Gasteiger partial charge in [-0.2, -0.15) is 0 Å². The molecular weight excluding hydrogens is 406 g/mol. The van der Waals surface area contributed by atoms with E-state index in [0.717, 1.165) is 11.9 Å². The molecule has 32 heavy (non-hydrogen) atoms. The molecule has 7 heteroatoms. The van der Waals surface area contributed by atoms with Crippen LogP contribution in [0.3, 0.4) is 0 Å². The third-order valence-corrected chi connectivity index (χ3v) is 5.72. The highest BCUT2D eigenvalue weighted by Crippen LogP contribution is 2.42. The smallest absolute Gasteiger partial charge is 0.295 e. The van der Waals surface area contributed by atoms with E-state index in [9.17, 15) is 19.8 Å². The van der Waals surface area contributed by atoms with Crippen LogP contribution >= 0.6 is 0 Å². The summed E-state index contributed by atoms with van der Waals surface area (Å²) in [4.78, 5) is 33.5. The molecule has 2 heterocycles. The van der Waals surface area contributed by atoms with Crippen molar-refractivity contribution in [2.24, 2.45) is 0 Å². The molecule has 1 fully saturated rings. The van der Waals surface area contributed by atoms with E-state index in [1.807, 2.05) is 31.1 Å². The zero-order chi connectivity index (χ0) is 22.8. The minimum absolute atomic E-state index is 0.0309. The van der Waals surface area contributed by atoms with Crippen LogP contribution in [0.4, 0.5) is 0 Å². The number of aliphatic hydroxyl groups excluding tert-OH is 1. The Morgan fingerprint density at radius 3 is 2.50 bits per heavy atom. The number of hydrogen-bond acceptors (Lipinski definition) is 6. The summed E-state index contributed by atoms with van der Waals surface area (Å²) in [5, 5.41) is 23.4. The number of benzene rings is 2. The number of ketones is 1. The van der Waals surface area contributed by atoms with Gasteiger partial charge < -0.3 is 20.0 Å². The molecule has 1 atom stereocenters. The highest BCUT2D eigenvalue weighted by atomic mass is 16.3. The lowest BCUT2D eigenvalue weighted by Gasteiger charge is -2.25. The van der Waals surface area contributed by atoms with Crippen LogP contribution in [0.5, 0.6) is 5.75 Å². The summed E-state index contributed by atoms with van der Waals surface area (Å²) in [5.74, 6) is -1.94. The maximum Gasteiger partial charge on any atom is 0.295 e. The molecule has 1 amide bonds. The quantitative estimate of drug-likeness (QED) is 0.353. The minimum atomic E-state index is -0.762. The first kappa shape index (κ1) is 21.5. The van der Waals surface area contributed by atoms with Gasteiger partial charge in [-0.1, -0.05) is 30.3 Å². The predicted molar refractivity (Wildman–Crippen MR) is 122 cm³/mol. The second kappa shape index (κ2) is 8.80. The number of fused-ring (bicyclic) bond motifs is 1. The number of aromatic nitrogens is 1. The second-order valence-corrected chi connectivity index (χ2v) is 8.11. The summed E-state index contributed by atoms with van der Waals surface area (Å²) in [6.45, 7) is 1.10. The van der Waals surface area contributed by atoms with E-state index in [1.54, 1.807) is 48.8 Å².